The molecule has 0 amide bonds. The highest BCUT2D eigenvalue weighted by atomic mass is 19.1. The molecule has 2 aliphatic carbocycles. The van der Waals surface area contributed by atoms with Gasteiger partial charge in [0.2, 0.25) is 0 Å². The number of benzene rings is 1. The molecule has 0 radical (unpaired) electrons. The molecule has 1 aromatic carbocycles. The van der Waals surface area contributed by atoms with Crippen molar-refractivity contribution in [3.63, 3.8) is 0 Å². The Morgan fingerprint density at radius 2 is 2.21 bits per heavy atom. The van der Waals surface area contributed by atoms with Gasteiger partial charge in [-0.3, -0.25) is 9.78 Å². The summed E-state index contributed by atoms with van der Waals surface area (Å²) in [4.78, 5) is 15.8. The summed E-state index contributed by atoms with van der Waals surface area (Å²) in [5.74, 6) is 1.20. The summed E-state index contributed by atoms with van der Waals surface area (Å²) in [7, 11) is 1.45. The number of esters is 1. The zero-order chi connectivity index (χ0) is 16.7. The molecule has 2 aliphatic rings. The number of aromatic nitrogens is 1. The highest BCUT2D eigenvalue weighted by Gasteiger charge is 2.38. The summed E-state index contributed by atoms with van der Waals surface area (Å²) in [6.07, 6.45) is 7.76. The summed E-state index contributed by atoms with van der Waals surface area (Å²) in [5, 5.41) is 0.884. The maximum atomic E-state index is 13.6. The Bertz CT molecular complexity index is 829. The van der Waals surface area contributed by atoms with Gasteiger partial charge in [-0.1, -0.05) is 6.08 Å². The van der Waals surface area contributed by atoms with Crippen LogP contribution in [0.25, 0.3) is 16.5 Å². The number of ether oxygens (including phenoxy) is 1. The van der Waals surface area contributed by atoms with E-state index in [0.717, 1.165) is 35.7 Å². The van der Waals surface area contributed by atoms with E-state index in [0.29, 0.717) is 24.2 Å². The van der Waals surface area contributed by atoms with Crippen LogP contribution in [0.1, 0.15) is 31.2 Å². The third-order valence-electron chi connectivity index (χ3n) is 5.48. The van der Waals surface area contributed by atoms with Crippen LogP contribution < -0.4 is 0 Å². The summed E-state index contributed by atoms with van der Waals surface area (Å²) in [6, 6.07) is 6.75. The van der Waals surface area contributed by atoms with Gasteiger partial charge in [0.1, 0.15) is 5.82 Å². The van der Waals surface area contributed by atoms with Gasteiger partial charge in [-0.2, -0.15) is 0 Å². The van der Waals surface area contributed by atoms with E-state index < -0.39 is 0 Å². The molecule has 2 aromatic rings. The predicted octanol–water partition coefficient (Wildman–Crippen LogP) is 4.37. The quantitative estimate of drug-likeness (QED) is 0.787. The number of carbonyl (C=O) groups excluding carboxylic acids is 1. The molecule has 1 saturated carbocycles. The van der Waals surface area contributed by atoms with Gasteiger partial charge in [0, 0.05) is 18.0 Å². The zero-order valence-corrected chi connectivity index (χ0v) is 13.7. The maximum Gasteiger partial charge on any atom is 0.305 e. The van der Waals surface area contributed by atoms with Crippen LogP contribution in [0.3, 0.4) is 0 Å². The fourth-order valence-electron chi connectivity index (χ4n) is 4.41. The van der Waals surface area contributed by atoms with E-state index in [9.17, 15) is 9.18 Å². The molecule has 124 valence electrons. The molecule has 0 spiro atoms. The lowest BCUT2D eigenvalue weighted by Gasteiger charge is -2.12. The third kappa shape index (κ3) is 2.70. The molecular weight excluding hydrogens is 305 g/mol. The Balaban J connectivity index is 1.59. The molecule has 1 aromatic heterocycles. The first-order valence-corrected chi connectivity index (χ1v) is 8.46. The molecule has 1 heterocycles. The van der Waals surface area contributed by atoms with E-state index >= 15 is 0 Å². The van der Waals surface area contributed by atoms with Crippen LogP contribution in [0, 0.1) is 23.6 Å². The molecule has 4 heteroatoms. The number of fused-ring (bicyclic) bond motifs is 2. The molecule has 3 atom stereocenters. The fourth-order valence-corrected chi connectivity index (χ4v) is 4.41. The van der Waals surface area contributed by atoms with Crippen molar-refractivity contribution in [2.45, 2.75) is 25.7 Å². The highest BCUT2D eigenvalue weighted by molar-refractivity contribution is 5.92. The second kappa shape index (κ2) is 6.00. The summed E-state index contributed by atoms with van der Waals surface area (Å²) in [6.45, 7) is 0. The van der Waals surface area contributed by atoms with E-state index in [2.05, 4.69) is 11.1 Å². The van der Waals surface area contributed by atoms with Crippen LogP contribution in [0.5, 0.6) is 0 Å². The van der Waals surface area contributed by atoms with E-state index in [1.165, 1.54) is 18.7 Å². The van der Waals surface area contributed by atoms with Crippen molar-refractivity contribution in [1.29, 1.82) is 0 Å². The minimum Gasteiger partial charge on any atom is -0.469 e. The SMILES string of the molecule is COC(=O)CC1CC2CC(c3ccnc4ccc(F)cc34)=C[C@@H]2C1. The van der Waals surface area contributed by atoms with Gasteiger partial charge in [-0.25, -0.2) is 4.39 Å². The first-order valence-electron chi connectivity index (χ1n) is 8.46. The van der Waals surface area contributed by atoms with E-state index in [1.807, 2.05) is 6.07 Å². The summed E-state index contributed by atoms with van der Waals surface area (Å²) in [5.41, 5.74) is 3.22. The lowest BCUT2D eigenvalue weighted by molar-refractivity contribution is -0.141. The number of hydrogen-bond acceptors (Lipinski definition) is 3. The number of hydrogen-bond donors (Lipinski definition) is 0. The van der Waals surface area contributed by atoms with Crippen molar-refractivity contribution >= 4 is 22.4 Å². The summed E-state index contributed by atoms with van der Waals surface area (Å²) >= 11 is 0. The first kappa shape index (κ1) is 15.3. The van der Waals surface area contributed by atoms with Gasteiger partial charge in [0.05, 0.1) is 12.6 Å². The lowest BCUT2D eigenvalue weighted by atomic mass is 9.94. The van der Waals surface area contributed by atoms with Crippen LogP contribution in [0.2, 0.25) is 0 Å². The van der Waals surface area contributed by atoms with Crippen LogP contribution in [0.15, 0.2) is 36.5 Å². The maximum absolute atomic E-state index is 13.6. The van der Waals surface area contributed by atoms with Gasteiger partial charge in [-0.15, -0.1) is 0 Å². The van der Waals surface area contributed by atoms with Crippen molar-refractivity contribution < 1.29 is 13.9 Å². The predicted molar refractivity (Wildman–Crippen MR) is 90.6 cm³/mol. The van der Waals surface area contributed by atoms with Crippen LogP contribution in [0.4, 0.5) is 4.39 Å². The number of carbonyl (C=O) groups is 1. The number of rotatable bonds is 3. The average Bonchev–Trinajstić information content (AvgIpc) is 3.12. The normalized spacial score (nSPS) is 25.6. The molecule has 0 saturated heterocycles. The van der Waals surface area contributed by atoms with E-state index in [4.69, 9.17) is 4.74 Å². The third-order valence-corrected chi connectivity index (χ3v) is 5.48. The van der Waals surface area contributed by atoms with Crippen molar-refractivity contribution in [3.8, 4) is 0 Å². The molecular formula is C20H20FNO2. The van der Waals surface area contributed by atoms with Crippen molar-refractivity contribution in [1.82, 2.24) is 4.98 Å². The molecule has 0 bridgehead atoms. The average molecular weight is 325 g/mol. The Labute approximate surface area is 140 Å². The number of nitrogens with zero attached hydrogens (tertiary/aromatic N) is 1. The lowest BCUT2D eigenvalue weighted by Crippen LogP contribution is -2.07. The fraction of sp³-hybridized carbons (Fsp3) is 0.400. The Morgan fingerprint density at radius 3 is 3.00 bits per heavy atom. The monoisotopic (exact) mass is 325 g/mol. The minimum absolute atomic E-state index is 0.111. The van der Waals surface area contributed by atoms with Crippen LogP contribution in [-0.4, -0.2) is 18.1 Å². The molecule has 24 heavy (non-hydrogen) atoms. The van der Waals surface area contributed by atoms with E-state index in [1.54, 1.807) is 18.3 Å². The van der Waals surface area contributed by atoms with Crippen LogP contribution >= 0.6 is 0 Å². The summed E-state index contributed by atoms with van der Waals surface area (Å²) < 4.78 is 18.4. The van der Waals surface area contributed by atoms with Crippen molar-refractivity contribution in [2.24, 2.45) is 17.8 Å². The Hall–Kier alpha value is -2.23. The highest BCUT2D eigenvalue weighted by Crippen LogP contribution is 2.49. The smallest absolute Gasteiger partial charge is 0.305 e. The van der Waals surface area contributed by atoms with Crippen LogP contribution in [-0.2, 0) is 9.53 Å². The Kier molecular flexibility index (Phi) is 3.83. The molecule has 1 fully saturated rings. The number of pyridine rings is 1. The largest absolute Gasteiger partial charge is 0.469 e. The molecule has 2 unspecified atom stereocenters. The van der Waals surface area contributed by atoms with Gasteiger partial charge in [0.15, 0.2) is 0 Å². The Morgan fingerprint density at radius 1 is 1.33 bits per heavy atom. The number of halogens is 1. The second-order valence-corrected chi connectivity index (χ2v) is 6.96. The molecule has 4 rings (SSSR count). The van der Waals surface area contributed by atoms with Crippen molar-refractivity contribution in [2.75, 3.05) is 7.11 Å². The second-order valence-electron chi connectivity index (χ2n) is 6.96. The molecule has 0 N–H and O–H groups in total. The number of allylic oxidation sites excluding steroid dienone is 2. The first-order chi connectivity index (χ1) is 11.6. The minimum atomic E-state index is -0.228. The zero-order valence-electron chi connectivity index (χ0n) is 13.7. The van der Waals surface area contributed by atoms with Gasteiger partial charge in [0.25, 0.3) is 0 Å². The number of methoxy groups -OCH3 is 1. The van der Waals surface area contributed by atoms with E-state index in [-0.39, 0.29) is 11.8 Å². The topological polar surface area (TPSA) is 39.2 Å². The molecule has 0 aliphatic heterocycles. The van der Waals surface area contributed by atoms with Gasteiger partial charge < -0.3 is 4.74 Å². The molecule has 3 nitrogen and oxygen atoms in total. The standard InChI is InChI=1S/C20H20FNO2/c1-24-20(23)8-12-6-13-9-15(10-14(13)7-12)17-4-5-22-19-3-2-16(21)11-18(17)19/h2-5,9,11-14H,6-8,10H2,1H3/t12?,13-,14?/m0/s1. The van der Waals surface area contributed by atoms with Gasteiger partial charge in [-0.05, 0) is 72.4 Å². The van der Waals surface area contributed by atoms with Gasteiger partial charge >= 0.3 is 5.97 Å². The van der Waals surface area contributed by atoms with Crippen molar-refractivity contribution in [3.05, 3.63) is 47.9 Å².